The Kier molecular flexibility index (Phi) is 3.83. The minimum atomic E-state index is 0.640. The average Bonchev–Trinajstić information content (AvgIpc) is 2.55. The summed E-state index contributed by atoms with van der Waals surface area (Å²) < 4.78 is 0. The van der Waals surface area contributed by atoms with E-state index in [0.717, 1.165) is 17.0 Å². The Labute approximate surface area is 124 Å². The second-order valence-electron chi connectivity index (χ2n) is 4.76. The molecule has 0 N–H and O–H groups in total. The van der Waals surface area contributed by atoms with Crippen LogP contribution >= 0.6 is 0 Å². The molecule has 0 radical (unpaired) electrons. The van der Waals surface area contributed by atoms with Gasteiger partial charge in [-0.15, -0.1) is 0 Å². The van der Waals surface area contributed by atoms with Crippen molar-refractivity contribution in [2.45, 2.75) is 6.92 Å². The smallest absolute Gasteiger partial charge is 0.178 e. The van der Waals surface area contributed by atoms with E-state index in [9.17, 15) is 0 Å². The second-order valence-corrected chi connectivity index (χ2v) is 4.76. The lowest BCUT2D eigenvalue weighted by Crippen LogP contribution is -1.92. The molecule has 0 aliphatic heterocycles. The van der Waals surface area contributed by atoms with Crippen LogP contribution in [0.4, 0.5) is 0 Å². The number of nitrogens with zero attached hydrogens (tertiary/aromatic N) is 3. The van der Waals surface area contributed by atoms with Crippen molar-refractivity contribution in [1.82, 2.24) is 15.0 Å². The number of hydrogen-bond donors (Lipinski definition) is 0. The summed E-state index contributed by atoms with van der Waals surface area (Å²) in [6, 6.07) is 16.0. The maximum atomic E-state index is 4.52. The minimum Gasteiger partial charge on any atom is -0.253 e. The molecular formula is C18H15N3. The quantitative estimate of drug-likeness (QED) is 0.723. The van der Waals surface area contributed by atoms with E-state index in [0.29, 0.717) is 5.82 Å². The molecule has 0 atom stereocenters. The minimum absolute atomic E-state index is 0.640. The van der Waals surface area contributed by atoms with Gasteiger partial charge in [-0.05, 0) is 36.8 Å². The molecule has 0 saturated carbocycles. The molecule has 3 nitrogen and oxygen atoms in total. The fourth-order valence-electron chi connectivity index (χ4n) is 1.94. The van der Waals surface area contributed by atoms with Crippen molar-refractivity contribution < 1.29 is 0 Å². The summed E-state index contributed by atoms with van der Waals surface area (Å²) in [6.07, 6.45) is 7.53. The van der Waals surface area contributed by atoms with Crippen LogP contribution in [-0.2, 0) is 0 Å². The first-order valence-corrected chi connectivity index (χ1v) is 6.80. The Morgan fingerprint density at radius 3 is 2.43 bits per heavy atom. The molecular weight excluding hydrogens is 258 g/mol. The van der Waals surface area contributed by atoms with Crippen LogP contribution in [-0.4, -0.2) is 15.0 Å². The fraction of sp³-hybridized carbons (Fsp3) is 0.0556. The molecule has 3 heteroatoms. The summed E-state index contributed by atoms with van der Waals surface area (Å²) in [5.41, 5.74) is 4.06. The zero-order valence-corrected chi connectivity index (χ0v) is 11.8. The molecule has 0 aliphatic carbocycles. The SMILES string of the molecule is Cc1ccc(/C=C/c2ccnc(-c3ccccn3)n2)cc1. The molecule has 0 aliphatic rings. The molecule has 0 bridgehead atoms. The van der Waals surface area contributed by atoms with E-state index < -0.39 is 0 Å². The van der Waals surface area contributed by atoms with E-state index in [2.05, 4.69) is 46.1 Å². The zero-order chi connectivity index (χ0) is 14.5. The van der Waals surface area contributed by atoms with Crippen molar-refractivity contribution in [3.05, 3.63) is 77.7 Å². The van der Waals surface area contributed by atoms with Crippen molar-refractivity contribution in [3.8, 4) is 11.5 Å². The van der Waals surface area contributed by atoms with Gasteiger partial charge in [0.2, 0.25) is 0 Å². The summed E-state index contributed by atoms with van der Waals surface area (Å²) in [7, 11) is 0. The van der Waals surface area contributed by atoms with Crippen LogP contribution in [0.1, 0.15) is 16.8 Å². The highest BCUT2D eigenvalue weighted by Crippen LogP contribution is 2.12. The Morgan fingerprint density at radius 1 is 0.810 bits per heavy atom. The van der Waals surface area contributed by atoms with E-state index in [1.165, 1.54) is 5.56 Å². The predicted molar refractivity (Wildman–Crippen MR) is 85.4 cm³/mol. The van der Waals surface area contributed by atoms with Crippen molar-refractivity contribution in [2.75, 3.05) is 0 Å². The molecule has 21 heavy (non-hydrogen) atoms. The summed E-state index contributed by atoms with van der Waals surface area (Å²) in [6.45, 7) is 2.08. The summed E-state index contributed by atoms with van der Waals surface area (Å²) >= 11 is 0. The molecule has 0 unspecified atom stereocenters. The highest BCUT2D eigenvalue weighted by Gasteiger charge is 2.01. The Bertz CT molecular complexity index is 747. The van der Waals surface area contributed by atoms with Gasteiger partial charge in [0.1, 0.15) is 5.69 Å². The highest BCUT2D eigenvalue weighted by molar-refractivity contribution is 5.68. The molecule has 0 saturated heterocycles. The molecule has 0 spiro atoms. The monoisotopic (exact) mass is 273 g/mol. The number of benzene rings is 1. The lowest BCUT2D eigenvalue weighted by atomic mass is 10.1. The normalized spacial score (nSPS) is 10.9. The first-order chi connectivity index (χ1) is 10.3. The van der Waals surface area contributed by atoms with Gasteiger partial charge in [0.05, 0.1) is 5.69 Å². The first kappa shape index (κ1) is 13.2. The second kappa shape index (κ2) is 6.09. The largest absolute Gasteiger partial charge is 0.253 e. The third-order valence-electron chi connectivity index (χ3n) is 3.10. The molecule has 0 fully saturated rings. The molecule has 0 amide bonds. The number of aromatic nitrogens is 3. The third kappa shape index (κ3) is 3.39. The summed E-state index contributed by atoms with van der Waals surface area (Å²) in [5.74, 6) is 0.640. The van der Waals surface area contributed by atoms with E-state index in [-0.39, 0.29) is 0 Å². The van der Waals surface area contributed by atoms with Crippen LogP contribution in [0.5, 0.6) is 0 Å². The van der Waals surface area contributed by atoms with Crippen LogP contribution in [0, 0.1) is 6.92 Å². The van der Waals surface area contributed by atoms with Crippen LogP contribution in [0.15, 0.2) is 60.9 Å². The van der Waals surface area contributed by atoms with Gasteiger partial charge in [-0.2, -0.15) is 0 Å². The number of hydrogen-bond acceptors (Lipinski definition) is 3. The van der Waals surface area contributed by atoms with Gasteiger partial charge in [-0.1, -0.05) is 42.0 Å². The van der Waals surface area contributed by atoms with Crippen molar-refractivity contribution >= 4 is 12.2 Å². The van der Waals surface area contributed by atoms with Gasteiger partial charge < -0.3 is 0 Å². The van der Waals surface area contributed by atoms with E-state index >= 15 is 0 Å². The Hall–Kier alpha value is -2.81. The van der Waals surface area contributed by atoms with Crippen LogP contribution in [0.25, 0.3) is 23.7 Å². The predicted octanol–water partition coefficient (Wildman–Crippen LogP) is 4.02. The molecule has 2 aromatic heterocycles. The van der Waals surface area contributed by atoms with E-state index in [1.54, 1.807) is 12.4 Å². The molecule has 3 aromatic rings. The molecule has 2 heterocycles. The topological polar surface area (TPSA) is 38.7 Å². The highest BCUT2D eigenvalue weighted by atomic mass is 14.9. The van der Waals surface area contributed by atoms with Crippen molar-refractivity contribution in [3.63, 3.8) is 0 Å². The standard InChI is InChI=1S/C18H15N3/c1-14-5-7-15(8-6-14)9-10-16-11-13-20-18(21-16)17-4-2-3-12-19-17/h2-13H,1H3/b10-9+. The Balaban J connectivity index is 1.85. The van der Waals surface area contributed by atoms with Crippen molar-refractivity contribution in [2.24, 2.45) is 0 Å². The van der Waals surface area contributed by atoms with Gasteiger partial charge in [0.25, 0.3) is 0 Å². The van der Waals surface area contributed by atoms with Gasteiger partial charge in [-0.25, -0.2) is 9.97 Å². The maximum Gasteiger partial charge on any atom is 0.178 e. The lowest BCUT2D eigenvalue weighted by molar-refractivity contribution is 1.13. The molecule has 1 aromatic carbocycles. The van der Waals surface area contributed by atoms with Gasteiger partial charge in [0.15, 0.2) is 5.82 Å². The van der Waals surface area contributed by atoms with Crippen LogP contribution < -0.4 is 0 Å². The van der Waals surface area contributed by atoms with Gasteiger partial charge in [0, 0.05) is 12.4 Å². The van der Waals surface area contributed by atoms with Gasteiger partial charge in [-0.3, -0.25) is 4.98 Å². The van der Waals surface area contributed by atoms with Crippen LogP contribution in [0.3, 0.4) is 0 Å². The van der Waals surface area contributed by atoms with Gasteiger partial charge >= 0.3 is 0 Å². The lowest BCUT2D eigenvalue weighted by Gasteiger charge is -2.00. The average molecular weight is 273 g/mol. The zero-order valence-electron chi connectivity index (χ0n) is 11.8. The summed E-state index contributed by atoms with van der Waals surface area (Å²) in [4.78, 5) is 13.1. The molecule has 3 rings (SSSR count). The third-order valence-corrected chi connectivity index (χ3v) is 3.10. The van der Waals surface area contributed by atoms with Crippen molar-refractivity contribution in [1.29, 1.82) is 0 Å². The molecule has 102 valence electrons. The Morgan fingerprint density at radius 2 is 1.67 bits per heavy atom. The summed E-state index contributed by atoms with van der Waals surface area (Å²) in [5, 5.41) is 0. The first-order valence-electron chi connectivity index (χ1n) is 6.80. The maximum absolute atomic E-state index is 4.52. The number of rotatable bonds is 3. The van der Waals surface area contributed by atoms with Crippen LogP contribution in [0.2, 0.25) is 0 Å². The number of aryl methyl sites for hydroxylation is 1. The fourth-order valence-corrected chi connectivity index (χ4v) is 1.94. The number of pyridine rings is 1. The van der Waals surface area contributed by atoms with E-state index in [4.69, 9.17) is 0 Å². The van der Waals surface area contributed by atoms with E-state index in [1.807, 2.05) is 36.4 Å².